The third-order valence-electron chi connectivity index (χ3n) is 4.25. The number of alkyl halides is 1. The van der Waals surface area contributed by atoms with Gasteiger partial charge in [-0.3, -0.25) is 14.0 Å². The molecule has 1 N–H and O–H groups in total. The molecule has 5 heteroatoms. The van der Waals surface area contributed by atoms with Crippen molar-refractivity contribution in [2.45, 2.75) is 57.5 Å². The van der Waals surface area contributed by atoms with E-state index in [1.54, 1.807) is 11.8 Å². The number of hydrogen-bond acceptors (Lipinski definition) is 2. The van der Waals surface area contributed by atoms with Crippen LogP contribution in [0.25, 0.3) is 0 Å². The maximum absolute atomic E-state index is 12.4. The topological polar surface area (TPSA) is 49.4 Å². The average molecular weight is 270 g/mol. The van der Waals surface area contributed by atoms with E-state index in [2.05, 4.69) is 5.32 Å². The Morgan fingerprint density at radius 1 is 1.26 bits per heavy atom. The number of hydrogen-bond donors (Lipinski definition) is 1. The molecule has 0 spiro atoms. The molecular formula is C14H23FN2O2. The van der Waals surface area contributed by atoms with Gasteiger partial charge in [0.25, 0.3) is 0 Å². The Kier molecular flexibility index (Phi) is 4.77. The highest BCUT2D eigenvalue weighted by molar-refractivity contribution is 5.96. The molecule has 108 valence electrons. The second kappa shape index (κ2) is 6.35. The number of piperazine rings is 1. The monoisotopic (exact) mass is 270 g/mol. The number of nitrogens with zero attached hydrogens (tertiary/aromatic N) is 1. The van der Waals surface area contributed by atoms with Crippen molar-refractivity contribution >= 4 is 11.8 Å². The van der Waals surface area contributed by atoms with Crippen molar-refractivity contribution < 1.29 is 14.0 Å². The highest BCUT2D eigenvalue weighted by Crippen LogP contribution is 2.31. The molecule has 0 aromatic rings. The Morgan fingerprint density at radius 3 is 2.58 bits per heavy atom. The maximum atomic E-state index is 12.4. The van der Waals surface area contributed by atoms with Gasteiger partial charge in [0.1, 0.15) is 12.1 Å². The largest absolute Gasteiger partial charge is 0.343 e. The minimum Gasteiger partial charge on any atom is -0.343 e. The van der Waals surface area contributed by atoms with Crippen LogP contribution < -0.4 is 5.32 Å². The zero-order valence-electron chi connectivity index (χ0n) is 11.5. The molecule has 4 nitrogen and oxygen atoms in total. The van der Waals surface area contributed by atoms with E-state index in [1.807, 2.05) is 0 Å². The molecule has 2 aliphatic rings. The molecule has 0 bridgehead atoms. The fraction of sp³-hybridized carbons (Fsp3) is 0.857. The van der Waals surface area contributed by atoms with Gasteiger partial charge >= 0.3 is 0 Å². The minimum absolute atomic E-state index is 0.0575. The maximum Gasteiger partial charge on any atom is 0.245 e. The number of nitrogens with one attached hydrogen (secondary N) is 1. The summed E-state index contributed by atoms with van der Waals surface area (Å²) in [6.45, 7) is 1.60. The van der Waals surface area contributed by atoms with E-state index in [1.165, 1.54) is 6.42 Å². The van der Waals surface area contributed by atoms with Gasteiger partial charge in [-0.1, -0.05) is 19.3 Å². The Hall–Kier alpha value is -1.13. The fourth-order valence-corrected chi connectivity index (χ4v) is 3.29. The zero-order chi connectivity index (χ0) is 13.8. The quantitative estimate of drug-likeness (QED) is 0.844. The van der Waals surface area contributed by atoms with Gasteiger partial charge < -0.3 is 10.2 Å². The van der Waals surface area contributed by atoms with Crippen molar-refractivity contribution in [1.29, 1.82) is 0 Å². The number of carbonyl (C=O) groups excluding carboxylic acids is 2. The number of carbonyl (C=O) groups is 2. The van der Waals surface area contributed by atoms with Gasteiger partial charge in [0.05, 0.1) is 6.67 Å². The van der Waals surface area contributed by atoms with Gasteiger partial charge in [0.2, 0.25) is 11.8 Å². The predicted molar refractivity (Wildman–Crippen MR) is 70.3 cm³/mol. The summed E-state index contributed by atoms with van der Waals surface area (Å²) in [7, 11) is 0. The molecule has 0 aromatic carbocycles. The lowest BCUT2D eigenvalue weighted by atomic mass is 9.81. The van der Waals surface area contributed by atoms with Crippen LogP contribution in [-0.4, -0.2) is 42.0 Å². The SMILES string of the molecule is CC1NC(=O)C(C2CCCCC2)N(CCCF)C1=O. The van der Waals surface area contributed by atoms with E-state index in [0.717, 1.165) is 25.7 Å². The standard InChI is InChI=1S/C14H23FN2O2/c1-10-14(19)17(9-5-8-15)12(13(18)16-10)11-6-3-2-4-7-11/h10-12H,2-9H2,1H3,(H,16,18). The van der Waals surface area contributed by atoms with Crippen molar-refractivity contribution in [2.75, 3.05) is 13.2 Å². The van der Waals surface area contributed by atoms with Gasteiger partial charge in [-0.25, -0.2) is 0 Å². The van der Waals surface area contributed by atoms with Crippen LogP contribution in [0.3, 0.4) is 0 Å². The molecule has 1 saturated carbocycles. The number of amides is 2. The van der Waals surface area contributed by atoms with Crippen molar-refractivity contribution in [3.63, 3.8) is 0 Å². The summed E-state index contributed by atoms with van der Waals surface area (Å²) in [5.41, 5.74) is 0. The lowest BCUT2D eigenvalue weighted by Crippen LogP contribution is -2.64. The zero-order valence-corrected chi connectivity index (χ0v) is 11.5. The lowest BCUT2D eigenvalue weighted by Gasteiger charge is -2.42. The Bertz CT molecular complexity index is 342. The average Bonchev–Trinajstić information content (AvgIpc) is 2.42. The van der Waals surface area contributed by atoms with Crippen LogP contribution in [0.2, 0.25) is 0 Å². The summed E-state index contributed by atoms with van der Waals surface area (Å²) in [5, 5.41) is 2.76. The lowest BCUT2D eigenvalue weighted by molar-refractivity contribution is -0.151. The van der Waals surface area contributed by atoms with E-state index in [-0.39, 0.29) is 23.8 Å². The first-order chi connectivity index (χ1) is 9.15. The fourth-order valence-electron chi connectivity index (χ4n) is 3.29. The van der Waals surface area contributed by atoms with Crippen LogP contribution in [0.15, 0.2) is 0 Å². The summed E-state index contributed by atoms with van der Waals surface area (Å²) < 4.78 is 12.4. The van der Waals surface area contributed by atoms with Gasteiger partial charge in [0, 0.05) is 6.54 Å². The molecule has 2 fully saturated rings. The van der Waals surface area contributed by atoms with Gasteiger partial charge in [-0.2, -0.15) is 0 Å². The second-order valence-corrected chi connectivity index (χ2v) is 5.65. The van der Waals surface area contributed by atoms with E-state index in [9.17, 15) is 14.0 Å². The first-order valence-electron chi connectivity index (χ1n) is 7.32. The normalized spacial score (nSPS) is 29.5. The Balaban J connectivity index is 2.14. The first kappa shape index (κ1) is 14.3. The highest BCUT2D eigenvalue weighted by atomic mass is 19.1. The molecule has 19 heavy (non-hydrogen) atoms. The molecule has 0 radical (unpaired) electrons. The second-order valence-electron chi connectivity index (χ2n) is 5.65. The molecule has 2 atom stereocenters. The molecule has 0 aromatic heterocycles. The van der Waals surface area contributed by atoms with E-state index in [0.29, 0.717) is 13.0 Å². The third kappa shape index (κ3) is 3.07. The van der Waals surface area contributed by atoms with Gasteiger partial charge in [0.15, 0.2) is 0 Å². The van der Waals surface area contributed by atoms with Crippen LogP contribution in [0.5, 0.6) is 0 Å². The van der Waals surface area contributed by atoms with Crippen molar-refractivity contribution in [2.24, 2.45) is 5.92 Å². The smallest absolute Gasteiger partial charge is 0.245 e. The minimum atomic E-state index is -0.480. The Morgan fingerprint density at radius 2 is 1.95 bits per heavy atom. The van der Waals surface area contributed by atoms with Gasteiger partial charge in [-0.05, 0) is 32.1 Å². The van der Waals surface area contributed by atoms with E-state index < -0.39 is 12.7 Å². The molecule has 2 rings (SSSR count). The van der Waals surface area contributed by atoms with Gasteiger partial charge in [-0.15, -0.1) is 0 Å². The number of rotatable bonds is 4. The summed E-state index contributed by atoms with van der Waals surface area (Å²) in [6, 6.07) is -0.859. The third-order valence-corrected chi connectivity index (χ3v) is 4.25. The first-order valence-corrected chi connectivity index (χ1v) is 7.32. The summed E-state index contributed by atoms with van der Waals surface area (Å²) in [4.78, 5) is 26.1. The van der Waals surface area contributed by atoms with Crippen LogP contribution in [0, 0.1) is 5.92 Å². The molecule has 1 aliphatic carbocycles. The van der Waals surface area contributed by atoms with Crippen LogP contribution in [0.4, 0.5) is 4.39 Å². The molecular weight excluding hydrogens is 247 g/mol. The molecule has 2 unspecified atom stereocenters. The molecule has 1 aliphatic heterocycles. The summed E-state index contributed by atoms with van der Waals surface area (Å²) >= 11 is 0. The van der Waals surface area contributed by atoms with E-state index in [4.69, 9.17) is 0 Å². The van der Waals surface area contributed by atoms with E-state index >= 15 is 0 Å². The van der Waals surface area contributed by atoms with Crippen LogP contribution in [0.1, 0.15) is 45.4 Å². The Labute approximate surface area is 113 Å². The molecule has 2 amide bonds. The molecule has 1 heterocycles. The van der Waals surface area contributed by atoms with Crippen molar-refractivity contribution in [1.82, 2.24) is 10.2 Å². The van der Waals surface area contributed by atoms with Crippen LogP contribution >= 0.6 is 0 Å². The van der Waals surface area contributed by atoms with Crippen molar-refractivity contribution in [3.05, 3.63) is 0 Å². The number of halogens is 1. The summed E-state index contributed by atoms with van der Waals surface area (Å²) in [5.74, 6) is 0.117. The summed E-state index contributed by atoms with van der Waals surface area (Å²) in [6.07, 6.45) is 5.75. The molecule has 1 saturated heterocycles. The predicted octanol–water partition coefficient (Wildman–Crippen LogP) is 1.64. The van der Waals surface area contributed by atoms with Crippen molar-refractivity contribution in [3.8, 4) is 0 Å². The highest BCUT2D eigenvalue weighted by Gasteiger charge is 2.42. The van der Waals surface area contributed by atoms with Crippen LogP contribution in [-0.2, 0) is 9.59 Å².